The van der Waals surface area contributed by atoms with Crippen molar-refractivity contribution in [2.75, 3.05) is 18.0 Å². The summed E-state index contributed by atoms with van der Waals surface area (Å²) in [5, 5.41) is 0. The molecule has 0 N–H and O–H groups in total. The number of pyridine rings is 1. The Hall–Kier alpha value is -1.12. The van der Waals surface area contributed by atoms with Crippen molar-refractivity contribution in [3.05, 3.63) is 24.1 Å². The van der Waals surface area contributed by atoms with Gasteiger partial charge in [0.05, 0.1) is 0 Å². The molecule has 0 bridgehead atoms. The first-order chi connectivity index (χ1) is 8.24. The highest BCUT2D eigenvalue weighted by molar-refractivity contribution is 5.39. The van der Waals surface area contributed by atoms with Crippen LogP contribution in [0.4, 0.5) is 10.2 Å². The predicted molar refractivity (Wildman–Crippen MR) is 68.6 cm³/mol. The summed E-state index contributed by atoms with van der Waals surface area (Å²) in [5.74, 6) is 1.95. The Morgan fingerprint density at radius 3 is 2.82 bits per heavy atom. The van der Waals surface area contributed by atoms with Gasteiger partial charge in [0.1, 0.15) is 5.82 Å². The maximum atomic E-state index is 13.1. The molecule has 1 aromatic heterocycles. The molecule has 0 radical (unpaired) electrons. The van der Waals surface area contributed by atoms with Crippen LogP contribution in [-0.2, 0) is 0 Å². The van der Waals surface area contributed by atoms with Gasteiger partial charge in [0.2, 0.25) is 5.95 Å². The fraction of sp³-hybridized carbons (Fsp3) is 0.643. The quantitative estimate of drug-likeness (QED) is 0.744. The van der Waals surface area contributed by atoms with Gasteiger partial charge in [-0.15, -0.1) is 0 Å². The van der Waals surface area contributed by atoms with E-state index in [0.29, 0.717) is 0 Å². The Bertz CT molecular complexity index is 363. The zero-order valence-corrected chi connectivity index (χ0v) is 10.7. The van der Waals surface area contributed by atoms with Crippen molar-refractivity contribution in [3.8, 4) is 0 Å². The Morgan fingerprint density at radius 1 is 1.41 bits per heavy atom. The second-order valence-electron chi connectivity index (χ2n) is 4.89. The van der Waals surface area contributed by atoms with E-state index < -0.39 is 0 Å². The van der Waals surface area contributed by atoms with E-state index in [1.807, 2.05) is 6.07 Å². The molecule has 1 fully saturated rings. The molecule has 2 nitrogen and oxygen atoms in total. The van der Waals surface area contributed by atoms with Crippen LogP contribution in [0.25, 0.3) is 0 Å². The number of aromatic nitrogens is 1. The molecule has 0 saturated carbocycles. The maximum absolute atomic E-state index is 13.1. The van der Waals surface area contributed by atoms with Crippen molar-refractivity contribution in [3.63, 3.8) is 0 Å². The van der Waals surface area contributed by atoms with E-state index in [4.69, 9.17) is 0 Å². The minimum absolute atomic E-state index is 0.381. The Kier molecular flexibility index (Phi) is 3.97. The van der Waals surface area contributed by atoms with Gasteiger partial charge in [0.15, 0.2) is 0 Å². The number of hydrogen-bond acceptors (Lipinski definition) is 2. The summed E-state index contributed by atoms with van der Waals surface area (Å²) in [4.78, 5) is 6.17. The lowest BCUT2D eigenvalue weighted by molar-refractivity contribution is 0.339. The van der Waals surface area contributed by atoms with E-state index in [1.165, 1.54) is 25.3 Å². The monoisotopic (exact) mass is 236 g/mol. The standard InChI is InChI=1S/C14H21FN2/c1-3-11(4-2)12-8-9-17(10-12)14-7-5-6-13(15)16-14/h5-7,11-12H,3-4,8-10H2,1-2H3. The molecule has 1 atom stereocenters. The number of halogens is 1. The van der Waals surface area contributed by atoms with Crippen LogP contribution in [0.1, 0.15) is 33.1 Å². The Morgan fingerprint density at radius 2 is 2.18 bits per heavy atom. The van der Waals surface area contributed by atoms with E-state index >= 15 is 0 Å². The van der Waals surface area contributed by atoms with Crippen LogP contribution >= 0.6 is 0 Å². The van der Waals surface area contributed by atoms with Crippen molar-refractivity contribution in [2.24, 2.45) is 11.8 Å². The molecule has 1 unspecified atom stereocenters. The topological polar surface area (TPSA) is 16.1 Å². The molecular formula is C14H21FN2. The second-order valence-corrected chi connectivity index (χ2v) is 4.89. The minimum atomic E-state index is -0.381. The first kappa shape index (κ1) is 12.3. The molecule has 1 aromatic rings. The lowest BCUT2D eigenvalue weighted by Gasteiger charge is -2.22. The van der Waals surface area contributed by atoms with E-state index in [0.717, 1.165) is 30.7 Å². The highest BCUT2D eigenvalue weighted by atomic mass is 19.1. The summed E-state index contributed by atoms with van der Waals surface area (Å²) >= 11 is 0. The van der Waals surface area contributed by atoms with Gasteiger partial charge >= 0.3 is 0 Å². The van der Waals surface area contributed by atoms with Crippen LogP contribution in [0.2, 0.25) is 0 Å². The Labute approximate surface area is 103 Å². The molecule has 2 rings (SSSR count). The van der Waals surface area contributed by atoms with E-state index in [1.54, 1.807) is 6.07 Å². The predicted octanol–water partition coefficient (Wildman–Crippen LogP) is 3.48. The third kappa shape index (κ3) is 2.76. The van der Waals surface area contributed by atoms with Crippen LogP contribution in [0.5, 0.6) is 0 Å². The van der Waals surface area contributed by atoms with E-state index in [2.05, 4.69) is 23.7 Å². The zero-order valence-electron chi connectivity index (χ0n) is 10.7. The molecule has 0 aliphatic carbocycles. The molecule has 17 heavy (non-hydrogen) atoms. The maximum Gasteiger partial charge on any atom is 0.214 e. The second kappa shape index (κ2) is 5.48. The van der Waals surface area contributed by atoms with Crippen molar-refractivity contribution in [1.82, 2.24) is 4.98 Å². The summed E-state index contributed by atoms with van der Waals surface area (Å²) in [7, 11) is 0. The minimum Gasteiger partial charge on any atom is -0.356 e. The lowest BCUT2D eigenvalue weighted by atomic mass is 9.87. The molecule has 1 saturated heterocycles. The average molecular weight is 236 g/mol. The van der Waals surface area contributed by atoms with E-state index in [9.17, 15) is 4.39 Å². The summed E-state index contributed by atoms with van der Waals surface area (Å²) in [6.07, 6.45) is 3.70. The lowest BCUT2D eigenvalue weighted by Crippen LogP contribution is -2.23. The molecule has 0 spiro atoms. The number of nitrogens with zero attached hydrogens (tertiary/aromatic N) is 2. The fourth-order valence-electron chi connectivity index (χ4n) is 2.91. The van der Waals surface area contributed by atoms with Gasteiger partial charge in [-0.05, 0) is 30.4 Å². The fourth-order valence-corrected chi connectivity index (χ4v) is 2.91. The van der Waals surface area contributed by atoms with E-state index in [-0.39, 0.29) is 5.95 Å². The van der Waals surface area contributed by atoms with Gasteiger partial charge in [-0.3, -0.25) is 0 Å². The van der Waals surface area contributed by atoms with Gasteiger partial charge in [-0.2, -0.15) is 4.39 Å². The largest absolute Gasteiger partial charge is 0.356 e. The summed E-state index contributed by atoms with van der Waals surface area (Å²) < 4.78 is 13.1. The smallest absolute Gasteiger partial charge is 0.214 e. The van der Waals surface area contributed by atoms with Crippen LogP contribution in [0, 0.1) is 17.8 Å². The van der Waals surface area contributed by atoms with Crippen molar-refractivity contribution in [1.29, 1.82) is 0 Å². The van der Waals surface area contributed by atoms with Crippen LogP contribution < -0.4 is 4.90 Å². The molecule has 1 aliphatic heterocycles. The molecule has 0 aromatic carbocycles. The van der Waals surface area contributed by atoms with Gasteiger partial charge in [-0.25, -0.2) is 4.98 Å². The van der Waals surface area contributed by atoms with Crippen LogP contribution in [0.15, 0.2) is 18.2 Å². The third-order valence-corrected chi connectivity index (χ3v) is 3.96. The number of anilines is 1. The highest BCUT2D eigenvalue weighted by Crippen LogP contribution is 2.30. The average Bonchev–Trinajstić information content (AvgIpc) is 2.80. The van der Waals surface area contributed by atoms with Crippen molar-refractivity contribution in [2.45, 2.75) is 33.1 Å². The van der Waals surface area contributed by atoms with Gasteiger partial charge in [-0.1, -0.05) is 32.8 Å². The van der Waals surface area contributed by atoms with Crippen LogP contribution in [-0.4, -0.2) is 18.1 Å². The molecule has 1 aliphatic rings. The molecule has 94 valence electrons. The first-order valence-corrected chi connectivity index (χ1v) is 6.62. The number of rotatable bonds is 4. The van der Waals surface area contributed by atoms with Crippen LogP contribution in [0.3, 0.4) is 0 Å². The molecule has 2 heterocycles. The van der Waals surface area contributed by atoms with Gasteiger partial charge in [0.25, 0.3) is 0 Å². The van der Waals surface area contributed by atoms with Crippen molar-refractivity contribution >= 4 is 5.82 Å². The third-order valence-electron chi connectivity index (χ3n) is 3.96. The molecule has 0 amide bonds. The normalized spacial score (nSPS) is 20.2. The van der Waals surface area contributed by atoms with Gasteiger partial charge < -0.3 is 4.90 Å². The summed E-state index contributed by atoms with van der Waals surface area (Å²) in [6.45, 7) is 6.56. The Balaban J connectivity index is 2.02. The number of hydrogen-bond donors (Lipinski definition) is 0. The summed E-state index contributed by atoms with van der Waals surface area (Å²) in [5.41, 5.74) is 0. The van der Waals surface area contributed by atoms with Gasteiger partial charge in [0, 0.05) is 13.1 Å². The van der Waals surface area contributed by atoms with Crippen molar-refractivity contribution < 1.29 is 4.39 Å². The summed E-state index contributed by atoms with van der Waals surface area (Å²) in [6, 6.07) is 5.04. The first-order valence-electron chi connectivity index (χ1n) is 6.62. The highest BCUT2D eigenvalue weighted by Gasteiger charge is 2.28. The molecule has 3 heteroatoms. The molecular weight excluding hydrogens is 215 g/mol. The SMILES string of the molecule is CCC(CC)C1CCN(c2cccc(F)n2)C1. The zero-order chi connectivity index (χ0) is 12.3.